The van der Waals surface area contributed by atoms with Crippen molar-refractivity contribution in [3.63, 3.8) is 0 Å². The quantitative estimate of drug-likeness (QED) is 0.0853. The number of ether oxygens (including phenoxy) is 1. The average Bonchev–Trinajstić information content (AvgIpc) is 3.59. The van der Waals surface area contributed by atoms with Gasteiger partial charge >= 0.3 is 12.3 Å². The number of benzene rings is 2. The Morgan fingerprint density at radius 2 is 1.80 bits per heavy atom. The van der Waals surface area contributed by atoms with Gasteiger partial charge in [0.15, 0.2) is 11.8 Å². The van der Waals surface area contributed by atoms with Crippen LogP contribution in [0, 0.1) is 5.41 Å². The third-order valence-corrected chi connectivity index (χ3v) is 8.75. The van der Waals surface area contributed by atoms with Gasteiger partial charge in [-0.05, 0) is 54.4 Å². The molecule has 1 saturated carbocycles. The van der Waals surface area contributed by atoms with Gasteiger partial charge in [0.1, 0.15) is 35.6 Å². The summed E-state index contributed by atoms with van der Waals surface area (Å²) in [6.07, 6.45) is -4.98. The van der Waals surface area contributed by atoms with Gasteiger partial charge in [-0.15, -0.1) is 0 Å². The molecule has 0 saturated heterocycles. The van der Waals surface area contributed by atoms with Crippen molar-refractivity contribution in [2.75, 3.05) is 13.1 Å². The van der Waals surface area contributed by atoms with Crippen LogP contribution < -0.4 is 11.1 Å². The monoisotopic (exact) mass is 766 g/mol. The third-order valence-electron chi connectivity index (χ3n) is 8.43. The second-order valence-electron chi connectivity index (χ2n) is 13.1. The molecule has 1 fully saturated rings. The van der Waals surface area contributed by atoms with Crippen molar-refractivity contribution in [2.24, 2.45) is 16.1 Å². The molecule has 1 aliphatic carbocycles. The Morgan fingerprint density at radius 3 is 2.41 bits per heavy atom. The number of hydrogen-bond acceptors (Lipinski definition) is 8. The minimum absolute atomic E-state index is 0.0324. The molecule has 278 valence electrons. The predicted octanol–water partition coefficient (Wildman–Crippen LogP) is 4.77. The summed E-state index contributed by atoms with van der Waals surface area (Å²) in [7, 11) is 16.2. The summed E-state index contributed by atoms with van der Waals surface area (Å²) in [5, 5.41) is 12.5. The molecule has 2 aromatic carbocycles. The molecule has 0 unspecified atom stereocenters. The van der Waals surface area contributed by atoms with Gasteiger partial charge in [-0.3, -0.25) is 14.7 Å². The highest BCUT2D eigenvalue weighted by molar-refractivity contribution is 6.58. The fraction of sp³-hybridized carbons (Fsp3) is 0.406. The highest BCUT2D eigenvalue weighted by Crippen LogP contribution is 2.40. The molecule has 5 rings (SSSR count). The molecule has 13 nitrogen and oxygen atoms in total. The number of nitrogens with one attached hydrogen (secondary N) is 1. The number of aliphatic imine (C=N–C) groups is 1. The summed E-state index contributed by atoms with van der Waals surface area (Å²) in [4.78, 5) is 37.4. The minimum Gasteiger partial charge on any atom is -0.473 e. The number of hydrogen-bond donors (Lipinski definition) is 2. The molecule has 2 amide bonds. The Balaban J connectivity index is 1.58. The first-order chi connectivity index (χ1) is 25.3. The summed E-state index contributed by atoms with van der Waals surface area (Å²) in [6.45, 7) is 0.959. The van der Waals surface area contributed by atoms with Crippen molar-refractivity contribution in [1.29, 1.82) is 0 Å². The van der Waals surface area contributed by atoms with Crippen molar-refractivity contribution in [2.45, 2.75) is 63.1 Å². The summed E-state index contributed by atoms with van der Waals surface area (Å²) in [5.74, 6) is -2.13. The van der Waals surface area contributed by atoms with E-state index >= 15 is 0 Å². The zero-order chi connectivity index (χ0) is 39.6. The van der Waals surface area contributed by atoms with Crippen molar-refractivity contribution in [3.8, 4) is 16.9 Å². The molecular formula is C32H31B3ClF5N10O3. The lowest BCUT2D eigenvalue weighted by Gasteiger charge is -2.33. The SMILES string of the molecule is [B]C([B])([B])OC(=O)NC[C@H](c1ccc(Cl)c(-n2ncnc2C(F)F)c1)N(C(=O)c1ccc(-c2cnn(C3CC3)n2)cc1)C(N)=NCCC(C)(C)C(F)(F)F. The van der Waals surface area contributed by atoms with E-state index in [1.54, 1.807) is 23.1 Å². The maximum atomic E-state index is 14.5. The normalized spacial score (nSPS) is 14.6. The van der Waals surface area contributed by atoms with Gasteiger partial charge in [-0.2, -0.15) is 33.3 Å². The molecule has 3 N–H and O–H groups in total. The van der Waals surface area contributed by atoms with Crippen LogP contribution in [0.4, 0.5) is 26.7 Å². The van der Waals surface area contributed by atoms with Gasteiger partial charge in [-0.1, -0.05) is 43.6 Å². The molecule has 0 aliphatic heterocycles. The first-order valence-corrected chi connectivity index (χ1v) is 16.7. The number of amides is 2. The fourth-order valence-corrected chi connectivity index (χ4v) is 5.30. The first kappa shape index (κ1) is 40.3. The first-order valence-electron chi connectivity index (χ1n) is 16.3. The number of alkyl halides is 5. The maximum absolute atomic E-state index is 14.5. The summed E-state index contributed by atoms with van der Waals surface area (Å²) < 4.78 is 74.2. The molecule has 22 heteroatoms. The van der Waals surface area contributed by atoms with E-state index in [-0.39, 0.29) is 27.9 Å². The number of halogens is 6. The van der Waals surface area contributed by atoms with Crippen molar-refractivity contribution in [3.05, 3.63) is 77.0 Å². The highest BCUT2D eigenvalue weighted by Gasteiger charge is 2.46. The standard InChI is InChI=1S/C32H31B3ClF5N10O3/c1-30(2,31(39,40)41)11-12-43-28(42)49(27(52)18-5-3-17(4-6-18)22-14-46-51(48-22)20-8-9-20)24(15-44-29(53)54-32(33,34)35)19-7-10-21(36)23(13-19)50-26(25(37)38)45-16-47-50/h3-7,10,13-14,16,20,24-25H,8-9,11-12,15H2,1-2H3,(H2,42,43)(H,44,53)/t24-/m1/s1. The van der Waals surface area contributed by atoms with Gasteiger partial charge in [0.25, 0.3) is 12.3 Å². The van der Waals surface area contributed by atoms with Crippen LogP contribution in [-0.4, -0.2) is 101 Å². The Kier molecular flexibility index (Phi) is 11.8. The van der Waals surface area contributed by atoms with Gasteiger partial charge in [-0.25, -0.2) is 23.2 Å². The van der Waals surface area contributed by atoms with Crippen LogP contribution in [0.3, 0.4) is 0 Å². The van der Waals surface area contributed by atoms with Crippen LogP contribution in [0.1, 0.15) is 73.4 Å². The number of carbonyl (C=O) groups excluding carboxylic acids is 2. The number of alkyl carbamates (subject to hydrolysis) is 1. The summed E-state index contributed by atoms with van der Waals surface area (Å²) in [6, 6.07) is 8.99. The zero-order valence-electron chi connectivity index (χ0n) is 28.8. The smallest absolute Gasteiger partial charge is 0.405 e. The molecule has 4 aromatic rings. The molecule has 54 heavy (non-hydrogen) atoms. The predicted molar refractivity (Wildman–Crippen MR) is 189 cm³/mol. The summed E-state index contributed by atoms with van der Waals surface area (Å²) >= 11 is 6.41. The molecule has 6 radical (unpaired) electrons. The van der Waals surface area contributed by atoms with Crippen molar-refractivity contribution in [1.82, 2.24) is 40.0 Å². The van der Waals surface area contributed by atoms with E-state index in [1.807, 2.05) is 0 Å². The van der Waals surface area contributed by atoms with E-state index in [0.29, 0.717) is 11.3 Å². The van der Waals surface area contributed by atoms with E-state index in [1.165, 1.54) is 30.3 Å². The topological polar surface area (TPSA) is 158 Å². The van der Waals surface area contributed by atoms with E-state index < -0.39 is 72.7 Å². The maximum Gasteiger partial charge on any atom is 0.405 e. The Morgan fingerprint density at radius 1 is 1.11 bits per heavy atom. The van der Waals surface area contributed by atoms with Crippen LogP contribution >= 0.6 is 11.6 Å². The molecule has 2 aromatic heterocycles. The number of nitrogens with two attached hydrogens (primary N) is 1. The van der Waals surface area contributed by atoms with Crippen LogP contribution in [0.25, 0.3) is 16.9 Å². The van der Waals surface area contributed by atoms with E-state index in [0.717, 1.165) is 42.6 Å². The highest BCUT2D eigenvalue weighted by atomic mass is 35.5. The zero-order valence-corrected chi connectivity index (χ0v) is 29.6. The second kappa shape index (κ2) is 15.8. The molecule has 2 heterocycles. The molecule has 1 atom stereocenters. The largest absolute Gasteiger partial charge is 0.473 e. The lowest BCUT2D eigenvalue weighted by molar-refractivity contribution is -0.212. The van der Waals surface area contributed by atoms with Crippen LogP contribution in [0.15, 0.2) is 60.0 Å². The van der Waals surface area contributed by atoms with Crippen LogP contribution in [0.5, 0.6) is 0 Å². The summed E-state index contributed by atoms with van der Waals surface area (Å²) in [5.41, 5.74) is 5.47. The average molecular weight is 767 g/mol. The van der Waals surface area contributed by atoms with Gasteiger partial charge in [0.2, 0.25) is 0 Å². The van der Waals surface area contributed by atoms with Crippen LogP contribution in [0.2, 0.25) is 5.02 Å². The third kappa shape index (κ3) is 9.59. The lowest BCUT2D eigenvalue weighted by Crippen LogP contribution is -2.49. The minimum atomic E-state index is -4.58. The molecule has 0 bridgehead atoms. The van der Waals surface area contributed by atoms with Gasteiger partial charge in [0, 0.05) is 24.2 Å². The fourth-order valence-electron chi connectivity index (χ4n) is 5.10. The van der Waals surface area contributed by atoms with E-state index in [2.05, 4.69) is 30.6 Å². The molecular weight excluding hydrogens is 735 g/mol. The van der Waals surface area contributed by atoms with E-state index in [9.17, 15) is 31.5 Å². The molecule has 1 aliphatic rings. The number of aromatic nitrogens is 6. The number of nitrogens with zero attached hydrogens (tertiary/aromatic N) is 8. The number of guanidine groups is 1. The van der Waals surface area contributed by atoms with Crippen molar-refractivity contribution < 1.29 is 36.3 Å². The Hall–Kier alpha value is -4.94. The number of rotatable bonds is 13. The second-order valence-corrected chi connectivity index (χ2v) is 13.5. The van der Waals surface area contributed by atoms with Gasteiger partial charge in [0.05, 0.1) is 34.4 Å². The Labute approximate surface area is 315 Å². The van der Waals surface area contributed by atoms with Crippen molar-refractivity contribution >= 4 is 53.1 Å². The van der Waals surface area contributed by atoms with Gasteiger partial charge < -0.3 is 15.8 Å². The van der Waals surface area contributed by atoms with Crippen LogP contribution in [-0.2, 0) is 4.74 Å². The number of carbonyl (C=O) groups is 2. The van der Waals surface area contributed by atoms with E-state index in [4.69, 9.17) is 45.6 Å². The molecule has 0 spiro atoms. The lowest BCUT2D eigenvalue weighted by atomic mass is 9.52. The Bertz CT molecular complexity index is 2000.